The lowest BCUT2D eigenvalue weighted by atomic mass is 9.72. The maximum absolute atomic E-state index is 14.4. The van der Waals surface area contributed by atoms with E-state index in [1.165, 1.54) is 12.1 Å². The lowest BCUT2D eigenvalue weighted by Gasteiger charge is -2.27. The smallest absolute Gasteiger partial charge is 0.259 e. The van der Waals surface area contributed by atoms with Gasteiger partial charge in [-0.2, -0.15) is 0 Å². The molecule has 4 heterocycles. The quantitative estimate of drug-likeness (QED) is 0.314. The minimum atomic E-state index is -2.84. The Hall–Kier alpha value is -3.10. The zero-order chi connectivity index (χ0) is 25.9. The van der Waals surface area contributed by atoms with E-state index >= 15 is 0 Å². The topological polar surface area (TPSA) is 85.1 Å². The minimum Gasteiger partial charge on any atom is -0.309 e. The van der Waals surface area contributed by atoms with Crippen molar-refractivity contribution in [2.45, 2.75) is 43.2 Å². The summed E-state index contributed by atoms with van der Waals surface area (Å²) in [7, 11) is 1.55. The number of hydrogen-bond acceptors (Lipinski definition) is 5. The Kier molecular flexibility index (Phi) is 5.73. The number of benzene rings is 1. The van der Waals surface area contributed by atoms with Crippen LogP contribution in [0.5, 0.6) is 0 Å². The van der Waals surface area contributed by atoms with Gasteiger partial charge in [-0.15, -0.1) is 0 Å². The summed E-state index contributed by atoms with van der Waals surface area (Å²) in [5, 5.41) is 2.86. The van der Waals surface area contributed by atoms with Crippen LogP contribution in [0.4, 0.5) is 19.0 Å². The maximum Gasteiger partial charge on any atom is 0.259 e. The van der Waals surface area contributed by atoms with Gasteiger partial charge in [0, 0.05) is 36.8 Å². The average molecular weight is 545 g/mol. The Balaban J connectivity index is 1.40. The van der Waals surface area contributed by atoms with E-state index in [4.69, 9.17) is 11.6 Å². The van der Waals surface area contributed by atoms with E-state index in [1.807, 2.05) is 0 Å². The summed E-state index contributed by atoms with van der Waals surface area (Å²) in [6.45, 7) is 0. The molecule has 0 bridgehead atoms. The van der Waals surface area contributed by atoms with Crippen molar-refractivity contribution in [3.63, 3.8) is 0 Å². The SMILES string of the molecule is O=C1Nc2nc(-c3cn4ccnc4c(CCCC(F)(F)P)n3)ncc2C1(c1ccc(Cl)c(F)c1)C1CC1. The number of rotatable bonds is 7. The van der Waals surface area contributed by atoms with Gasteiger partial charge < -0.3 is 9.72 Å². The molecule has 1 N–H and O–H groups in total. The molecule has 12 heteroatoms. The Morgan fingerprint density at radius 3 is 2.78 bits per heavy atom. The number of aromatic nitrogens is 5. The van der Waals surface area contributed by atoms with Gasteiger partial charge in [0.05, 0.1) is 10.7 Å². The molecule has 2 unspecified atom stereocenters. The molecule has 0 saturated heterocycles. The van der Waals surface area contributed by atoms with E-state index < -0.39 is 16.9 Å². The molecule has 1 saturated carbocycles. The van der Waals surface area contributed by atoms with Crippen LogP contribution in [0.15, 0.2) is 43.0 Å². The largest absolute Gasteiger partial charge is 0.309 e. The molecule has 1 fully saturated rings. The highest BCUT2D eigenvalue weighted by Crippen LogP contribution is 2.56. The van der Waals surface area contributed by atoms with E-state index in [0.29, 0.717) is 40.4 Å². The van der Waals surface area contributed by atoms with E-state index in [-0.39, 0.29) is 35.5 Å². The summed E-state index contributed by atoms with van der Waals surface area (Å²) in [5.74, 6) is -0.279. The first kappa shape index (κ1) is 24.2. The van der Waals surface area contributed by atoms with Crippen LogP contribution in [0, 0.1) is 11.7 Å². The minimum absolute atomic E-state index is 0.00865. The lowest BCUT2D eigenvalue weighted by Crippen LogP contribution is -2.38. The van der Waals surface area contributed by atoms with Crippen LogP contribution in [0.25, 0.3) is 17.2 Å². The van der Waals surface area contributed by atoms with Crippen molar-refractivity contribution in [1.29, 1.82) is 0 Å². The molecule has 190 valence electrons. The second kappa shape index (κ2) is 8.74. The van der Waals surface area contributed by atoms with Crippen molar-refractivity contribution in [3.05, 3.63) is 70.6 Å². The van der Waals surface area contributed by atoms with Gasteiger partial charge in [0.25, 0.3) is 5.66 Å². The molecule has 3 aromatic heterocycles. The van der Waals surface area contributed by atoms with Gasteiger partial charge in [-0.1, -0.05) is 26.9 Å². The standard InChI is InChI=1S/C25H21ClF3N6OP/c26-16-6-5-14(10-17(16)27)25(13-3-4-13)15-11-31-21(33-20(15)34-23(25)36)19-12-35-9-8-30-22(35)18(32-19)2-1-7-24(28,29)37/h5-6,8-13H,1-4,7,37H2,(H,31,33,34,36). The molecule has 1 aliphatic carbocycles. The maximum atomic E-state index is 14.4. The third kappa shape index (κ3) is 4.16. The number of hydrogen-bond donors (Lipinski definition) is 1. The molecule has 1 aromatic carbocycles. The molecule has 6 rings (SSSR count). The normalized spacial score (nSPS) is 19.3. The molecule has 1 amide bonds. The van der Waals surface area contributed by atoms with Crippen molar-refractivity contribution in [3.8, 4) is 11.5 Å². The zero-order valence-electron chi connectivity index (χ0n) is 19.4. The molecule has 37 heavy (non-hydrogen) atoms. The number of halogens is 4. The number of nitrogens with zero attached hydrogens (tertiary/aromatic N) is 5. The number of amides is 1. The number of alkyl halides is 2. The van der Waals surface area contributed by atoms with Gasteiger partial charge in [0.15, 0.2) is 11.5 Å². The van der Waals surface area contributed by atoms with E-state index in [9.17, 15) is 18.0 Å². The highest BCUT2D eigenvalue weighted by atomic mass is 35.5. The second-order valence-corrected chi connectivity index (χ2v) is 10.7. The van der Waals surface area contributed by atoms with Gasteiger partial charge in [-0.05, 0) is 49.3 Å². The van der Waals surface area contributed by atoms with Gasteiger partial charge in [0.1, 0.15) is 22.7 Å². The summed E-state index contributed by atoms with van der Waals surface area (Å²) >= 11 is 5.90. The average Bonchev–Trinajstić information content (AvgIpc) is 3.49. The number of carbonyl (C=O) groups is 1. The van der Waals surface area contributed by atoms with Crippen LogP contribution in [-0.2, 0) is 16.6 Å². The zero-order valence-corrected chi connectivity index (χ0v) is 21.3. The predicted octanol–water partition coefficient (Wildman–Crippen LogP) is 5.42. The number of aryl methyl sites for hydroxylation is 1. The summed E-state index contributed by atoms with van der Waals surface area (Å²) < 4.78 is 42.8. The van der Waals surface area contributed by atoms with Crippen LogP contribution in [-0.4, -0.2) is 35.9 Å². The van der Waals surface area contributed by atoms with E-state index in [2.05, 4.69) is 25.3 Å². The fourth-order valence-corrected chi connectivity index (χ4v) is 5.49. The summed E-state index contributed by atoms with van der Waals surface area (Å²) in [6.07, 6.45) is 8.49. The first-order valence-electron chi connectivity index (χ1n) is 11.8. The number of carbonyl (C=O) groups excluding carboxylic acids is 1. The Morgan fingerprint density at radius 2 is 2.05 bits per heavy atom. The molecule has 2 aliphatic rings. The Bertz CT molecular complexity index is 1550. The van der Waals surface area contributed by atoms with Crippen LogP contribution in [0.3, 0.4) is 0 Å². The van der Waals surface area contributed by atoms with Crippen LogP contribution < -0.4 is 5.32 Å². The monoisotopic (exact) mass is 544 g/mol. The number of imidazole rings is 1. The molecular formula is C25H21ClF3N6OP. The van der Waals surface area contributed by atoms with Crippen molar-refractivity contribution in [2.75, 3.05) is 5.32 Å². The summed E-state index contributed by atoms with van der Waals surface area (Å²) in [4.78, 5) is 31.5. The first-order chi connectivity index (χ1) is 17.7. The van der Waals surface area contributed by atoms with Crippen molar-refractivity contribution < 1.29 is 18.0 Å². The predicted molar refractivity (Wildman–Crippen MR) is 135 cm³/mol. The molecule has 4 aromatic rings. The van der Waals surface area contributed by atoms with Crippen molar-refractivity contribution in [2.24, 2.45) is 5.92 Å². The number of fused-ring (bicyclic) bond motifs is 2. The van der Waals surface area contributed by atoms with Crippen molar-refractivity contribution in [1.82, 2.24) is 24.3 Å². The molecule has 7 nitrogen and oxygen atoms in total. The Morgan fingerprint density at radius 1 is 1.24 bits per heavy atom. The Labute approximate surface area is 217 Å². The number of nitrogens with one attached hydrogen (secondary N) is 1. The first-order valence-corrected chi connectivity index (χ1v) is 12.8. The second-order valence-electron chi connectivity index (χ2n) is 9.47. The lowest BCUT2D eigenvalue weighted by molar-refractivity contribution is -0.120. The van der Waals surface area contributed by atoms with Crippen LogP contribution in [0.1, 0.15) is 42.5 Å². The van der Waals surface area contributed by atoms with Gasteiger partial charge >= 0.3 is 0 Å². The summed E-state index contributed by atoms with van der Waals surface area (Å²) in [5.41, 5.74) is -1.32. The van der Waals surface area contributed by atoms with E-state index in [1.54, 1.807) is 44.5 Å². The number of anilines is 1. The van der Waals surface area contributed by atoms with Gasteiger partial charge in [-0.25, -0.2) is 33.1 Å². The summed E-state index contributed by atoms with van der Waals surface area (Å²) in [6, 6.07) is 4.43. The highest BCUT2D eigenvalue weighted by Gasteiger charge is 2.58. The molecular weight excluding hydrogens is 524 g/mol. The highest BCUT2D eigenvalue weighted by molar-refractivity contribution is 7.18. The molecule has 2 atom stereocenters. The third-order valence-electron chi connectivity index (χ3n) is 6.96. The van der Waals surface area contributed by atoms with Crippen LogP contribution in [0.2, 0.25) is 5.02 Å². The van der Waals surface area contributed by atoms with Gasteiger partial charge in [-0.3, -0.25) is 4.79 Å². The van der Waals surface area contributed by atoms with Gasteiger partial charge in [0.2, 0.25) is 5.91 Å². The van der Waals surface area contributed by atoms with Crippen LogP contribution >= 0.6 is 20.8 Å². The van der Waals surface area contributed by atoms with E-state index in [0.717, 1.165) is 12.8 Å². The molecule has 0 spiro atoms. The molecule has 0 radical (unpaired) electrons. The van der Waals surface area contributed by atoms with Crippen molar-refractivity contribution >= 4 is 38.2 Å². The third-order valence-corrected chi connectivity index (χ3v) is 7.56. The molecule has 1 aliphatic heterocycles. The fraction of sp³-hybridized carbons (Fsp3) is 0.320. The fourth-order valence-electron chi connectivity index (χ4n) is 5.17.